The monoisotopic (exact) mass is 442 g/mol. The number of nitrogens with one attached hydrogen (secondary N) is 1. The first kappa shape index (κ1) is 21.9. The molecule has 0 aromatic heterocycles. The number of halogens is 1. The van der Waals surface area contributed by atoms with E-state index in [0.717, 1.165) is 15.4 Å². The number of aryl methyl sites for hydroxylation is 2. The lowest BCUT2D eigenvalue weighted by Gasteiger charge is -2.26. The Morgan fingerprint density at radius 2 is 1.63 bits per heavy atom. The number of anilines is 1. The topological polar surface area (TPSA) is 66.5 Å². The summed E-state index contributed by atoms with van der Waals surface area (Å²) < 4.78 is 28.0. The zero-order valence-corrected chi connectivity index (χ0v) is 18.4. The van der Waals surface area contributed by atoms with Crippen LogP contribution in [0.5, 0.6) is 0 Å². The molecule has 0 aliphatic carbocycles. The fourth-order valence-electron chi connectivity index (χ4n) is 2.97. The van der Waals surface area contributed by atoms with E-state index in [4.69, 9.17) is 11.6 Å². The molecule has 0 saturated heterocycles. The van der Waals surface area contributed by atoms with Crippen molar-refractivity contribution in [2.24, 2.45) is 0 Å². The van der Waals surface area contributed by atoms with Crippen molar-refractivity contribution >= 4 is 33.2 Å². The SMILES string of the molecule is Cc1ccc(S(=O)(=O)N(CC(=O)NCc2ccccc2)c2cc(Cl)ccc2C)cc1. The molecule has 7 heteroatoms. The van der Waals surface area contributed by atoms with Crippen molar-refractivity contribution < 1.29 is 13.2 Å². The molecule has 5 nitrogen and oxygen atoms in total. The van der Waals surface area contributed by atoms with Gasteiger partial charge in [-0.1, -0.05) is 65.7 Å². The highest BCUT2D eigenvalue weighted by atomic mass is 35.5. The summed E-state index contributed by atoms with van der Waals surface area (Å²) in [6, 6.07) is 21.0. The minimum absolute atomic E-state index is 0.114. The van der Waals surface area contributed by atoms with E-state index in [0.29, 0.717) is 22.8 Å². The zero-order valence-electron chi connectivity index (χ0n) is 16.8. The highest BCUT2D eigenvalue weighted by molar-refractivity contribution is 7.92. The largest absolute Gasteiger partial charge is 0.350 e. The first-order chi connectivity index (χ1) is 14.3. The number of hydrogen-bond acceptors (Lipinski definition) is 3. The number of carbonyl (C=O) groups is 1. The minimum atomic E-state index is -3.97. The maximum Gasteiger partial charge on any atom is 0.264 e. The van der Waals surface area contributed by atoms with Gasteiger partial charge in [-0.3, -0.25) is 9.10 Å². The average Bonchev–Trinajstić information content (AvgIpc) is 2.73. The maximum atomic E-state index is 13.4. The lowest BCUT2D eigenvalue weighted by molar-refractivity contribution is -0.119. The molecule has 0 heterocycles. The van der Waals surface area contributed by atoms with Gasteiger partial charge in [0.2, 0.25) is 5.91 Å². The first-order valence-corrected chi connectivity index (χ1v) is 11.3. The standard InChI is InChI=1S/C23H23ClN2O3S/c1-17-8-12-21(13-9-17)30(28,29)26(22-14-20(24)11-10-18(22)2)16-23(27)25-15-19-6-4-3-5-7-19/h3-14H,15-16H2,1-2H3,(H,25,27). The summed E-state index contributed by atoms with van der Waals surface area (Å²) in [6.45, 7) is 3.62. The molecule has 0 radical (unpaired) electrons. The van der Waals surface area contributed by atoms with E-state index in [1.54, 1.807) is 49.4 Å². The third-order valence-electron chi connectivity index (χ3n) is 4.67. The summed E-state index contributed by atoms with van der Waals surface area (Å²) in [5, 5.41) is 3.18. The van der Waals surface area contributed by atoms with Crippen molar-refractivity contribution in [1.82, 2.24) is 5.32 Å². The lowest BCUT2D eigenvalue weighted by Crippen LogP contribution is -2.41. The van der Waals surface area contributed by atoms with E-state index >= 15 is 0 Å². The summed E-state index contributed by atoms with van der Waals surface area (Å²) in [4.78, 5) is 12.8. The molecular weight excluding hydrogens is 420 g/mol. The molecule has 0 bridgehead atoms. The van der Waals surface area contributed by atoms with Crippen LogP contribution in [0.1, 0.15) is 16.7 Å². The van der Waals surface area contributed by atoms with Gasteiger partial charge < -0.3 is 5.32 Å². The summed E-state index contributed by atoms with van der Waals surface area (Å²) >= 11 is 6.13. The normalized spacial score (nSPS) is 11.2. The predicted molar refractivity (Wildman–Crippen MR) is 120 cm³/mol. The number of nitrogens with zero attached hydrogens (tertiary/aromatic N) is 1. The molecular formula is C23H23ClN2O3S. The molecule has 0 saturated carbocycles. The van der Waals surface area contributed by atoms with E-state index in [1.165, 1.54) is 0 Å². The minimum Gasteiger partial charge on any atom is -0.350 e. The van der Waals surface area contributed by atoms with E-state index in [9.17, 15) is 13.2 Å². The zero-order chi connectivity index (χ0) is 21.7. The number of hydrogen-bond donors (Lipinski definition) is 1. The summed E-state index contributed by atoms with van der Waals surface area (Å²) in [7, 11) is -3.97. The third-order valence-corrected chi connectivity index (χ3v) is 6.68. The Morgan fingerprint density at radius 3 is 2.30 bits per heavy atom. The molecule has 0 fully saturated rings. The Balaban J connectivity index is 1.92. The van der Waals surface area contributed by atoms with Crippen LogP contribution < -0.4 is 9.62 Å². The molecule has 3 aromatic carbocycles. The molecule has 0 aliphatic heterocycles. The Labute approximate surface area is 182 Å². The maximum absolute atomic E-state index is 13.4. The second-order valence-corrected chi connectivity index (χ2v) is 9.32. The molecule has 1 amide bonds. The molecule has 30 heavy (non-hydrogen) atoms. The van der Waals surface area contributed by atoms with Crippen LogP contribution in [0.4, 0.5) is 5.69 Å². The van der Waals surface area contributed by atoms with Gasteiger partial charge in [-0.2, -0.15) is 0 Å². The number of benzene rings is 3. The first-order valence-electron chi connectivity index (χ1n) is 9.43. The molecule has 1 N–H and O–H groups in total. The number of sulfonamides is 1. The Bertz CT molecular complexity index is 1130. The van der Waals surface area contributed by atoms with Crippen LogP contribution in [-0.4, -0.2) is 20.9 Å². The summed E-state index contributed by atoms with van der Waals surface area (Å²) in [5.74, 6) is -0.408. The smallest absolute Gasteiger partial charge is 0.264 e. The van der Waals surface area contributed by atoms with Crippen molar-refractivity contribution in [3.8, 4) is 0 Å². The van der Waals surface area contributed by atoms with E-state index in [1.807, 2.05) is 37.3 Å². The highest BCUT2D eigenvalue weighted by Gasteiger charge is 2.28. The molecule has 0 atom stereocenters. The fraction of sp³-hybridized carbons (Fsp3) is 0.174. The van der Waals surface area contributed by atoms with Crippen molar-refractivity contribution in [1.29, 1.82) is 0 Å². The average molecular weight is 443 g/mol. The molecule has 156 valence electrons. The Kier molecular flexibility index (Phi) is 6.80. The molecule has 0 spiro atoms. The Morgan fingerprint density at radius 1 is 0.967 bits per heavy atom. The second-order valence-electron chi connectivity index (χ2n) is 7.02. The van der Waals surface area contributed by atoms with Crippen LogP contribution in [0.3, 0.4) is 0 Å². The van der Waals surface area contributed by atoms with Gasteiger partial charge in [0.05, 0.1) is 10.6 Å². The Hall–Kier alpha value is -2.83. The van der Waals surface area contributed by atoms with Crippen molar-refractivity contribution in [3.63, 3.8) is 0 Å². The molecule has 3 aromatic rings. The lowest BCUT2D eigenvalue weighted by atomic mass is 10.2. The van der Waals surface area contributed by atoms with E-state index in [-0.39, 0.29) is 11.4 Å². The van der Waals surface area contributed by atoms with E-state index in [2.05, 4.69) is 5.32 Å². The van der Waals surface area contributed by atoms with Gasteiger partial charge in [-0.25, -0.2) is 8.42 Å². The van der Waals surface area contributed by atoms with Crippen LogP contribution >= 0.6 is 11.6 Å². The van der Waals surface area contributed by atoms with Crippen LogP contribution in [0.2, 0.25) is 5.02 Å². The van der Waals surface area contributed by atoms with Gasteiger partial charge in [0.15, 0.2) is 0 Å². The van der Waals surface area contributed by atoms with Crippen molar-refractivity contribution in [3.05, 3.63) is 94.5 Å². The number of rotatable bonds is 7. The number of amides is 1. The van der Waals surface area contributed by atoms with Gasteiger partial charge in [0, 0.05) is 11.6 Å². The van der Waals surface area contributed by atoms with Gasteiger partial charge >= 0.3 is 0 Å². The predicted octanol–water partition coefficient (Wildman–Crippen LogP) is 4.47. The summed E-state index contributed by atoms with van der Waals surface area (Å²) in [5.41, 5.74) is 2.95. The van der Waals surface area contributed by atoms with Gasteiger partial charge in [-0.05, 0) is 49.2 Å². The second kappa shape index (κ2) is 9.32. The molecule has 3 rings (SSSR count). The van der Waals surface area contributed by atoms with Gasteiger partial charge in [0.1, 0.15) is 6.54 Å². The number of carbonyl (C=O) groups excluding carboxylic acids is 1. The van der Waals surface area contributed by atoms with Crippen LogP contribution in [0, 0.1) is 13.8 Å². The van der Waals surface area contributed by atoms with Gasteiger partial charge in [-0.15, -0.1) is 0 Å². The molecule has 0 unspecified atom stereocenters. The fourth-order valence-corrected chi connectivity index (χ4v) is 4.61. The van der Waals surface area contributed by atoms with Crippen molar-refractivity contribution in [2.75, 3.05) is 10.8 Å². The van der Waals surface area contributed by atoms with Crippen LogP contribution in [0.15, 0.2) is 77.7 Å². The quantitative estimate of drug-likeness (QED) is 0.587. The molecule has 0 aliphatic rings. The van der Waals surface area contributed by atoms with Gasteiger partial charge in [0.25, 0.3) is 10.0 Å². The highest BCUT2D eigenvalue weighted by Crippen LogP contribution is 2.29. The third kappa shape index (κ3) is 5.20. The summed E-state index contributed by atoms with van der Waals surface area (Å²) in [6.07, 6.45) is 0. The van der Waals surface area contributed by atoms with E-state index < -0.39 is 15.9 Å². The van der Waals surface area contributed by atoms with Crippen LogP contribution in [0.25, 0.3) is 0 Å². The van der Waals surface area contributed by atoms with Crippen LogP contribution in [-0.2, 0) is 21.4 Å². The van der Waals surface area contributed by atoms with Crippen molar-refractivity contribution in [2.45, 2.75) is 25.3 Å².